The van der Waals surface area contributed by atoms with Gasteiger partial charge in [-0.25, -0.2) is 9.37 Å². The third kappa shape index (κ3) is 3.93. The van der Waals surface area contributed by atoms with Crippen LogP contribution in [0.25, 0.3) is 23.2 Å². The molecule has 4 rings (SSSR count). The molecule has 0 spiro atoms. The fraction of sp³-hybridized carbons (Fsp3) is 0.0476. The Balaban J connectivity index is 1.54. The quantitative estimate of drug-likeness (QED) is 0.560. The molecule has 0 saturated heterocycles. The molecule has 3 aromatic heterocycles. The molecule has 7 heteroatoms. The van der Waals surface area contributed by atoms with E-state index in [0.29, 0.717) is 28.8 Å². The van der Waals surface area contributed by atoms with Gasteiger partial charge in [0, 0.05) is 18.9 Å². The number of amides is 1. The summed E-state index contributed by atoms with van der Waals surface area (Å²) in [6, 6.07) is 13.3. The van der Waals surface area contributed by atoms with Crippen molar-refractivity contribution in [2.24, 2.45) is 0 Å². The lowest BCUT2D eigenvalue weighted by molar-refractivity contribution is 0.0946. The fourth-order valence-corrected chi connectivity index (χ4v) is 2.72. The minimum atomic E-state index is -0.306. The van der Waals surface area contributed by atoms with Gasteiger partial charge in [-0.15, -0.1) is 0 Å². The molecule has 0 bridgehead atoms. The topological polar surface area (TPSA) is 83.6 Å². The molecule has 4 aromatic rings. The van der Waals surface area contributed by atoms with E-state index in [4.69, 9.17) is 0 Å². The summed E-state index contributed by atoms with van der Waals surface area (Å²) < 4.78 is 13.3. The van der Waals surface area contributed by atoms with Gasteiger partial charge in [-0.3, -0.25) is 14.9 Å². The summed E-state index contributed by atoms with van der Waals surface area (Å²) in [5, 5.41) is 9.92. The highest BCUT2D eigenvalue weighted by Gasteiger charge is 2.11. The number of fused-ring (bicyclic) bond motifs is 1. The predicted octanol–water partition coefficient (Wildman–Crippen LogP) is 3.59. The second-order valence-electron chi connectivity index (χ2n) is 6.13. The van der Waals surface area contributed by atoms with Crippen LogP contribution in [0, 0.1) is 5.82 Å². The molecule has 0 aliphatic heterocycles. The van der Waals surface area contributed by atoms with Gasteiger partial charge in [-0.2, -0.15) is 5.10 Å². The van der Waals surface area contributed by atoms with Crippen LogP contribution >= 0.6 is 0 Å². The van der Waals surface area contributed by atoms with Crippen molar-refractivity contribution in [2.45, 2.75) is 6.54 Å². The van der Waals surface area contributed by atoms with Gasteiger partial charge in [0.15, 0.2) is 0 Å². The average molecular weight is 373 g/mol. The van der Waals surface area contributed by atoms with Crippen molar-refractivity contribution < 1.29 is 9.18 Å². The molecule has 0 saturated carbocycles. The maximum atomic E-state index is 13.3. The summed E-state index contributed by atoms with van der Waals surface area (Å²) in [5.74, 6) is -0.591. The molecule has 1 aromatic carbocycles. The normalized spacial score (nSPS) is 11.2. The number of hydrogen-bond donors (Lipinski definition) is 2. The smallest absolute Gasteiger partial charge is 0.270 e. The lowest BCUT2D eigenvalue weighted by Crippen LogP contribution is -2.23. The van der Waals surface area contributed by atoms with Crippen molar-refractivity contribution in [3.63, 3.8) is 0 Å². The number of rotatable bonds is 5. The van der Waals surface area contributed by atoms with Crippen LogP contribution in [-0.2, 0) is 6.54 Å². The van der Waals surface area contributed by atoms with E-state index >= 15 is 0 Å². The van der Waals surface area contributed by atoms with Crippen LogP contribution in [0.4, 0.5) is 4.39 Å². The maximum absolute atomic E-state index is 13.3. The molecule has 0 aliphatic rings. The maximum Gasteiger partial charge on any atom is 0.270 e. The van der Waals surface area contributed by atoms with E-state index in [0.717, 1.165) is 5.56 Å². The lowest BCUT2D eigenvalue weighted by atomic mass is 10.2. The summed E-state index contributed by atoms with van der Waals surface area (Å²) in [7, 11) is 0. The number of aromatic nitrogens is 4. The van der Waals surface area contributed by atoms with Crippen LogP contribution in [0.3, 0.4) is 0 Å². The van der Waals surface area contributed by atoms with Gasteiger partial charge in [0.2, 0.25) is 0 Å². The number of hydrogen-bond acceptors (Lipinski definition) is 4. The molecule has 0 aliphatic carbocycles. The number of pyridine rings is 2. The second-order valence-corrected chi connectivity index (χ2v) is 6.13. The molecule has 138 valence electrons. The van der Waals surface area contributed by atoms with Gasteiger partial charge in [-0.1, -0.05) is 24.3 Å². The van der Waals surface area contributed by atoms with Crippen LogP contribution in [-0.4, -0.2) is 26.1 Å². The van der Waals surface area contributed by atoms with Gasteiger partial charge in [0.25, 0.3) is 5.91 Å². The van der Waals surface area contributed by atoms with Crippen molar-refractivity contribution >= 4 is 29.1 Å². The van der Waals surface area contributed by atoms with Gasteiger partial charge in [-0.05, 0) is 47.5 Å². The Morgan fingerprint density at radius 3 is 2.89 bits per heavy atom. The van der Waals surface area contributed by atoms with Gasteiger partial charge >= 0.3 is 0 Å². The standard InChI is InChI=1S/C21H16FN5O/c22-16-5-1-3-14(11-16)6-7-17-20-18(27-26-17)8-9-19(25-20)21(28)24-13-15-4-2-10-23-12-15/h1-12H,13H2,(H,24,28)(H,26,27). The molecule has 0 radical (unpaired) electrons. The molecule has 2 N–H and O–H groups in total. The van der Waals surface area contributed by atoms with Gasteiger partial charge in [0.1, 0.15) is 22.7 Å². The number of nitrogens with one attached hydrogen (secondary N) is 2. The van der Waals surface area contributed by atoms with Crippen LogP contribution in [0.5, 0.6) is 0 Å². The lowest BCUT2D eigenvalue weighted by Gasteiger charge is -2.04. The number of carbonyl (C=O) groups is 1. The van der Waals surface area contributed by atoms with Crippen molar-refractivity contribution in [1.29, 1.82) is 0 Å². The van der Waals surface area contributed by atoms with Crippen LogP contribution in [0.1, 0.15) is 27.3 Å². The monoisotopic (exact) mass is 373 g/mol. The van der Waals surface area contributed by atoms with Gasteiger partial charge < -0.3 is 5.32 Å². The minimum Gasteiger partial charge on any atom is -0.347 e. The zero-order valence-corrected chi connectivity index (χ0v) is 14.8. The van der Waals surface area contributed by atoms with Crippen LogP contribution in [0.2, 0.25) is 0 Å². The van der Waals surface area contributed by atoms with Crippen molar-refractivity contribution in [3.8, 4) is 0 Å². The second kappa shape index (κ2) is 7.79. The zero-order chi connectivity index (χ0) is 19.3. The Labute approximate surface area is 160 Å². The van der Waals surface area contributed by atoms with E-state index in [-0.39, 0.29) is 17.4 Å². The first-order valence-electron chi connectivity index (χ1n) is 8.65. The first-order valence-corrected chi connectivity index (χ1v) is 8.65. The van der Waals surface area contributed by atoms with Crippen molar-refractivity contribution in [2.75, 3.05) is 0 Å². The number of carbonyl (C=O) groups excluding carboxylic acids is 1. The van der Waals surface area contributed by atoms with E-state index in [1.807, 2.05) is 12.1 Å². The molecule has 1 amide bonds. The largest absolute Gasteiger partial charge is 0.347 e. The SMILES string of the molecule is O=C(NCc1cccnc1)c1ccc2[nH]nc(C=Cc3cccc(F)c3)c2n1. The summed E-state index contributed by atoms with van der Waals surface area (Å²) in [6.07, 6.45) is 6.86. The Hall–Kier alpha value is -3.87. The summed E-state index contributed by atoms with van der Waals surface area (Å²) >= 11 is 0. The average Bonchev–Trinajstić information content (AvgIpc) is 3.13. The van der Waals surface area contributed by atoms with E-state index in [1.165, 1.54) is 12.1 Å². The zero-order valence-electron chi connectivity index (χ0n) is 14.8. The Morgan fingerprint density at radius 2 is 2.07 bits per heavy atom. The number of aromatic amines is 1. The van der Waals surface area contributed by atoms with Crippen LogP contribution in [0.15, 0.2) is 60.9 Å². The summed E-state index contributed by atoms with van der Waals surface area (Å²) in [6.45, 7) is 0.365. The molecule has 28 heavy (non-hydrogen) atoms. The van der Waals surface area contributed by atoms with E-state index in [2.05, 4.69) is 25.5 Å². The van der Waals surface area contributed by atoms with Crippen molar-refractivity contribution in [3.05, 3.63) is 89.3 Å². The Morgan fingerprint density at radius 1 is 1.14 bits per heavy atom. The predicted molar refractivity (Wildman–Crippen MR) is 105 cm³/mol. The van der Waals surface area contributed by atoms with Crippen LogP contribution < -0.4 is 5.32 Å². The highest BCUT2D eigenvalue weighted by molar-refractivity contribution is 5.95. The molecule has 0 fully saturated rings. The molecule has 0 unspecified atom stereocenters. The highest BCUT2D eigenvalue weighted by atomic mass is 19.1. The third-order valence-electron chi connectivity index (χ3n) is 4.13. The van der Waals surface area contributed by atoms with Gasteiger partial charge in [0.05, 0.1) is 5.52 Å². The van der Waals surface area contributed by atoms with Crippen molar-refractivity contribution in [1.82, 2.24) is 25.5 Å². The highest BCUT2D eigenvalue weighted by Crippen LogP contribution is 2.17. The fourth-order valence-electron chi connectivity index (χ4n) is 2.72. The molecular weight excluding hydrogens is 357 g/mol. The molecule has 3 heterocycles. The Kier molecular flexibility index (Phi) is 4.88. The number of halogens is 1. The first-order chi connectivity index (χ1) is 13.7. The summed E-state index contributed by atoms with van der Waals surface area (Å²) in [5.41, 5.74) is 3.75. The molecular formula is C21H16FN5O. The first kappa shape index (κ1) is 17.5. The number of nitrogens with zero attached hydrogens (tertiary/aromatic N) is 3. The molecule has 0 atom stereocenters. The van der Waals surface area contributed by atoms with E-state index in [1.54, 1.807) is 48.8 Å². The third-order valence-corrected chi connectivity index (χ3v) is 4.13. The number of H-pyrrole nitrogens is 1. The Bertz CT molecular complexity index is 1150. The van der Waals surface area contributed by atoms with E-state index < -0.39 is 0 Å². The van der Waals surface area contributed by atoms with E-state index in [9.17, 15) is 9.18 Å². The summed E-state index contributed by atoms with van der Waals surface area (Å²) in [4.78, 5) is 20.9. The minimum absolute atomic E-state index is 0.285. The molecule has 6 nitrogen and oxygen atoms in total. The number of benzene rings is 1.